The molecule has 8 nitrogen and oxygen atoms in total. The first-order valence-corrected chi connectivity index (χ1v) is 11.3. The molecule has 1 N–H and O–H groups in total. The van der Waals surface area contributed by atoms with E-state index in [-0.39, 0.29) is 30.2 Å². The molecule has 164 valence electrons. The summed E-state index contributed by atoms with van der Waals surface area (Å²) in [7, 11) is 0. The Labute approximate surface area is 181 Å². The van der Waals surface area contributed by atoms with E-state index in [9.17, 15) is 14.4 Å². The van der Waals surface area contributed by atoms with Crippen molar-refractivity contribution in [3.8, 4) is 0 Å². The van der Waals surface area contributed by atoms with Gasteiger partial charge in [-0.15, -0.1) is 0 Å². The maximum absolute atomic E-state index is 13.1. The van der Waals surface area contributed by atoms with Crippen molar-refractivity contribution in [2.75, 3.05) is 19.6 Å². The van der Waals surface area contributed by atoms with Crippen molar-refractivity contribution in [2.45, 2.75) is 56.9 Å². The molecule has 1 saturated carbocycles. The molecule has 31 heavy (non-hydrogen) atoms. The van der Waals surface area contributed by atoms with Gasteiger partial charge in [-0.25, -0.2) is 9.78 Å². The van der Waals surface area contributed by atoms with Crippen LogP contribution in [-0.4, -0.2) is 57.8 Å². The summed E-state index contributed by atoms with van der Waals surface area (Å²) in [6, 6.07) is 7.26. The Morgan fingerprint density at radius 1 is 1.19 bits per heavy atom. The second-order valence-electron chi connectivity index (χ2n) is 9.11. The fourth-order valence-corrected chi connectivity index (χ4v) is 5.31. The molecule has 2 unspecified atom stereocenters. The molecule has 3 heterocycles. The van der Waals surface area contributed by atoms with Crippen molar-refractivity contribution in [2.24, 2.45) is 5.92 Å². The largest absolute Gasteiger partial charge is 0.440 e. The number of hydrogen-bond acceptors (Lipinski definition) is 5. The minimum atomic E-state index is -0.824. The van der Waals surface area contributed by atoms with E-state index in [0.717, 1.165) is 54.0 Å². The number of piperidine rings is 1. The molecule has 8 heteroatoms. The quantitative estimate of drug-likeness (QED) is 0.764. The maximum atomic E-state index is 13.1. The lowest BCUT2D eigenvalue weighted by Gasteiger charge is -2.37. The Morgan fingerprint density at radius 3 is 2.71 bits per heavy atom. The van der Waals surface area contributed by atoms with Gasteiger partial charge in [0.05, 0.1) is 0 Å². The van der Waals surface area contributed by atoms with Crippen LogP contribution in [0.2, 0.25) is 0 Å². The summed E-state index contributed by atoms with van der Waals surface area (Å²) in [4.78, 5) is 46.0. The van der Waals surface area contributed by atoms with E-state index >= 15 is 0 Å². The monoisotopic (exact) mass is 424 g/mol. The van der Waals surface area contributed by atoms with Crippen molar-refractivity contribution >= 4 is 28.9 Å². The molecule has 1 aromatic heterocycles. The van der Waals surface area contributed by atoms with E-state index in [0.29, 0.717) is 19.5 Å². The van der Waals surface area contributed by atoms with Gasteiger partial charge in [0.1, 0.15) is 17.6 Å². The van der Waals surface area contributed by atoms with Gasteiger partial charge in [0, 0.05) is 19.0 Å². The summed E-state index contributed by atoms with van der Waals surface area (Å²) < 4.78 is 5.89. The maximum Gasteiger partial charge on any atom is 0.325 e. The number of para-hydroxylation sites is 2. The van der Waals surface area contributed by atoms with Gasteiger partial charge in [-0.2, -0.15) is 0 Å². The number of imide groups is 1. The second-order valence-corrected chi connectivity index (χ2v) is 9.11. The van der Waals surface area contributed by atoms with E-state index < -0.39 is 11.6 Å². The summed E-state index contributed by atoms with van der Waals surface area (Å²) in [5.41, 5.74) is 0.802. The minimum Gasteiger partial charge on any atom is -0.440 e. The highest BCUT2D eigenvalue weighted by molar-refractivity contribution is 6.09. The smallest absolute Gasteiger partial charge is 0.325 e. The number of carbonyl (C=O) groups is 3. The molecule has 3 aliphatic rings. The third-order valence-corrected chi connectivity index (χ3v) is 7.30. The van der Waals surface area contributed by atoms with Crippen molar-refractivity contribution < 1.29 is 18.8 Å². The van der Waals surface area contributed by atoms with Crippen LogP contribution >= 0.6 is 0 Å². The van der Waals surface area contributed by atoms with Gasteiger partial charge in [-0.1, -0.05) is 31.9 Å². The zero-order valence-electron chi connectivity index (χ0n) is 17.8. The van der Waals surface area contributed by atoms with E-state index in [1.54, 1.807) is 4.90 Å². The predicted molar refractivity (Wildman–Crippen MR) is 113 cm³/mol. The normalized spacial score (nSPS) is 27.3. The molecule has 2 atom stereocenters. The first-order valence-electron chi connectivity index (χ1n) is 11.3. The molecule has 4 amide bonds. The third-order valence-electron chi connectivity index (χ3n) is 7.30. The number of amides is 4. The summed E-state index contributed by atoms with van der Waals surface area (Å²) >= 11 is 0. The molecule has 1 spiro atoms. The number of likely N-dealkylation sites (tertiary alicyclic amines) is 1. The zero-order chi connectivity index (χ0) is 21.6. The van der Waals surface area contributed by atoms with Crippen molar-refractivity contribution in [1.82, 2.24) is 20.1 Å². The number of oxazole rings is 1. The molecule has 2 aromatic rings. The highest BCUT2D eigenvalue weighted by Gasteiger charge is 2.55. The zero-order valence-corrected chi connectivity index (χ0v) is 17.8. The van der Waals surface area contributed by atoms with E-state index in [1.165, 1.54) is 0 Å². The SMILES string of the molecule is CC1CCCCC12NC(=O)N(CC(=O)N1CCC(c3nc4ccccc4o3)CC1)C2=O. The van der Waals surface area contributed by atoms with E-state index in [4.69, 9.17) is 4.42 Å². The number of urea groups is 1. The van der Waals surface area contributed by atoms with Crippen LogP contribution in [0.15, 0.2) is 28.7 Å². The van der Waals surface area contributed by atoms with Crippen LogP contribution in [0.5, 0.6) is 0 Å². The Morgan fingerprint density at radius 2 is 1.97 bits per heavy atom. The highest BCUT2D eigenvalue weighted by atomic mass is 16.3. The predicted octanol–water partition coefficient (Wildman–Crippen LogP) is 3.03. The fourth-order valence-electron chi connectivity index (χ4n) is 5.31. The van der Waals surface area contributed by atoms with Crippen LogP contribution in [-0.2, 0) is 9.59 Å². The van der Waals surface area contributed by atoms with Crippen molar-refractivity contribution in [1.29, 1.82) is 0 Å². The molecular weight excluding hydrogens is 396 g/mol. The number of carbonyl (C=O) groups excluding carboxylic acids is 3. The van der Waals surface area contributed by atoms with Gasteiger partial charge in [0.25, 0.3) is 5.91 Å². The molecule has 1 aromatic carbocycles. The summed E-state index contributed by atoms with van der Waals surface area (Å²) in [5, 5.41) is 2.91. The lowest BCUT2D eigenvalue weighted by Crippen LogP contribution is -2.54. The Bertz CT molecular complexity index is 993. The van der Waals surface area contributed by atoms with Crippen molar-refractivity contribution in [3.05, 3.63) is 30.2 Å². The number of aromatic nitrogens is 1. The number of nitrogens with one attached hydrogen (secondary N) is 1. The highest BCUT2D eigenvalue weighted by Crippen LogP contribution is 2.38. The van der Waals surface area contributed by atoms with Gasteiger partial charge in [0.15, 0.2) is 11.5 Å². The lowest BCUT2D eigenvalue weighted by atomic mass is 9.73. The van der Waals surface area contributed by atoms with Gasteiger partial charge in [-0.05, 0) is 43.7 Å². The number of benzene rings is 1. The third kappa shape index (κ3) is 3.38. The Hall–Kier alpha value is -2.90. The van der Waals surface area contributed by atoms with Crippen LogP contribution < -0.4 is 5.32 Å². The van der Waals surface area contributed by atoms with E-state index in [2.05, 4.69) is 10.3 Å². The lowest BCUT2D eigenvalue weighted by molar-refractivity contribution is -0.141. The standard InChI is InChI=1S/C23H28N4O4/c1-15-6-4-5-11-23(15)21(29)27(22(30)25-23)14-19(28)26-12-9-16(10-13-26)20-24-17-7-2-3-8-18(17)31-20/h2-3,7-8,15-16H,4-6,9-14H2,1H3,(H,25,30). The van der Waals surface area contributed by atoms with Crippen LogP contribution in [0.25, 0.3) is 11.1 Å². The van der Waals surface area contributed by atoms with Crippen molar-refractivity contribution in [3.63, 3.8) is 0 Å². The number of hydrogen-bond donors (Lipinski definition) is 1. The van der Waals surface area contributed by atoms with Crippen LogP contribution in [0.4, 0.5) is 4.79 Å². The first kappa shape index (κ1) is 20.0. The topological polar surface area (TPSA) is 95.8 Å². The summed E-state index contributed by atoms with van der Waals surface area (Å²) in [5.74, 6) is 0.555. The number of fused-ring (bicyclic) bond motifs is 1. The molecular formula is C23H28N4O4. The second kappa shape index (κ2) is 7.66. The van der Waals surface area contributed by atoms with Gasteiger partial charge in [-0.3, -0.25) is 14.5 Å². The molecule has 2 saturated heterocycles. The first-order chi connectivity index (χ1) is 15.0. The van der Waals surface area contributed by atoms with Gasteiger partial charge >= 0.3 is 6.03 Å². The Kier molecular flexibility index (Phi) is 4.95. The van der Waals surface area contributed by atoms with Crippen LogP contribution in [0, 0.1) is 5.92 Å². The molecule has 1 aliphatic carbocycles. The summed E-state index contributed by atoms with van der Waals surface area (Å²) in [6.07, 6.45) is 5.05. The molecule has 5 rings (SSSR count). The fraction of sp³-hybridized carbons (Fsp3) is 0.565. The number of nitrogens with zero attached hydrogens (tertiary/aromatic N) is 3. The van der Waals surface area contributed by atoms with E-state index in [1.807, 2.05) is 31.2 Å². The van der Waals surface area contributed by atoms with Gasteiger partial charge < -0.3 is 14.6 Å². The molecule has 2 aliphatic heterocycles. The van der Waals surface area contributed by atoms with Gasteiger partial charge in [0.2, 0.25) is 5.91 Å². The average Bonchev–Trinajstić information content (AvgIpc) is 3.31. The number of rotatable bonds is 3. The van der Waals surface area contributed by atoms with Crippen LogP contribution in [0.3, 0.4) is 0 Å². The Balaban J connectivity index is 1.21. The minimum absolute atomic E-state index is 0.0878. The average molecular weight is 425 g/mol. The van der Waals surface area contributed by atoms with Crippen LogP contribution in [0.1, 0.15) is 57.3 Å². The molecule has 0 radical (unpaired) electrons. The summed E-state index contributed by atoms with van der Waals surface area (Å²) in [6.45, 7) is 2.95. The molecule has 0 bridgehead atoms. The molecule has 3 fully saturated rings.